The van der Waals surface area contributed by atoms with Gasteiger partial charge in [0.2, 0.25) is 5.41 Å². The zero-order valence-corrected chi connectivity index (χ0v) is 27.2. The second-order valence-corrected chi connectivity index (χ2v) is 12.6. The van der Waals surface area contributed by atoms with Gasteiger partial charge in [0.05, 0.1) is 19.0 Å². The maximum Gasteiger partial charge on any atom is 0.411 e. The third kappa shape index (κ3) is 6.88. The number of alkyl halides is 6. The fourth-order valence-electron chi connectivity index (χ4n) is 4.48. The summed E-state index contributed by atoms with van der Waals surface area (Å²) in [5, 5.41) is 38.7. The van der Waals surface area contributed by atoms with Crippen molar-refractivity contribution >= 4 is 55.1 Å². The van der Waals surface area contributed by atoms with Crippen LogP contribution < -0.4 is 0 Å². The third-order valence-electron chi connectivity index (χ3n) is 6.89. The van der Waals surface area contributed by atoms with Crippen LogP contribution in [0.1, 0.15) is 36.1 Å². The van der Waals surface area contributed by atoms with Gasteiger partial charge in [-0.25, -0.2) is 0 Å². The monoisotopic (exact) mass is 788 g/mol. The standard InChI is InChI=1S/C15H12Br2Cl2O2.C15H10F6O2/c1-15(2,7-3-9(16)13(20)11(18)5-7)8-4-10(17)14(21)12(19)6-8;16-14(17,18)13(15(19,20)21,9-3-1-5-11(22)7-9)10-4-2-6-12(23)8-10/h3-6,20-21H,1-2H3;1-8,22-23H. The van der Waals surface area contributed by atoms with E-state index in [2.05, 4.69) is 31.9 Å². The Bertz CT molecular complexity index is 1510. The highest BCUT2D eigenvalue weighted by Crippen LogP contribution is 2.56. The lowest BCUT2D eigenvalue weighted by Gasteiger charge is -2.38. The van der Waals surface area contributed by atoms with E-state index in [1.807, 2.05) is 26.0 Å². The number of phenols is 4. The van der Waals surface area contributed by atoms with Gasteiger partial charge in [-0.15, -0.1) is 0 Å². The second-order valence-electron chi connectivity index (χ2n) is 10.0. The Morgan fingerprint density at radius 2 is 0.886 bits per heavy atom. The summed E-state index contributed by atoms with van der Waals surface area (Å²) in [7, 11) is 0. The van der Waals surface area contributed by atoms with Crippen LogP contribution in [-0.2, 0) is 10.8 Å². The Balaban J connectivity index is 0.000000241. The van der Waals surface area contributed by atoms with Crippen LogP contribution in [-0.4, -0.2) is 32.8 Å². The third-order valence-corrected chi connectivity index (χ3v) is 8.67. The van der Waals surface area contributed by atoms with Gasteiger partial charge in [0.1, 0.15) is 23.0 Å². The fourth-order valence-corrected chi connectivity index (χ4v) is 6.07. The van der Waals surface area contributed by atoms with E-state index in [1.54, 1.807) is 12.1 Å². The zero-order valence-electron chi connectivity index (χ0n) is 22.5. The molecule has 0 saturated heterocycles. The summed E-state index contributed by atoms with van der Waals surface area (Å²) in [6.45, 7) is 4.02. The molecule has 0 aliphatic carbocycles. The molecular weight excluding hydrogens is 769 g/mol. The molecule has 0 aromatic heterocycles. The van der Waals surface area contributed by atoms with Crippen LogP contribution in [0.2, 0.25) is 10.0 Å². The molecule has 0 fully saturated rings. The van der Waals surface area contributed by atoms with Crippen molar-refractivity contribution < 1.29 is 46.8 Å². The number of aromatic hydroxyl groups is 4. The molecule has 4 aromatic rings. The van der Waals surface area contributed by atoms with E-state index >= 15 is 0 Å². The lowest BCUT2D eigenvalue weighted by atomic mass is 9.73. The first kappa shape index (κ1) is 35.7. The van der Waals surface area contributed by atoms with Gasteiger partial charge in [-0.2, -0.15) is 26.3 Å². The minimum Gasteiger partial charge on any atom is -0.508 e. The molecule has 0 spiro atoms. The first-order chi connectivity index (χ1) is 20.1. The first-order valence-corrected chi connectivity index (χ1v) is 14.6. The molecule has 14 heteroatoms. The van der Waals surface area contributed by atoms with E-state index in [0.717, 1.165) is 35.4 Å². The highest BCUT2D eigenvalue weighted by molar-refractivity contribution is 9.11. The summed E-state index contributed by atoms with van der Waals surface area (Å²) in [6.07, 6.45) is -11.5. The summed E-state index contributed by atoms with van der Waals surface area (Å²) in [4.78, 5) is 0. The summed E-state index contributed by atoms with van der Waals surface area (Å²) >= 11 is 18.7. The molecule has 0 bridgehead atoms. The van der Waals surface area contributed by atoms with Crippen LogP contribution in [0, 0.1) is 0 Å². The number of hydrogen-bond donors (Lipinski definition) is 4. The minimum atomic E-state index is -5.76. The van der Waals surface area contributed by atoms with E-state index in [4.69, 9.17) is 23.2 Å². The molecule has 4 rings (SSSR count). The van der Waals surface area contributed by atoms with Gasteiger partial charge in [-0.3, -0.25) is 0 Å². The average molecular weight is 791 g/mol. The fraction of sp³-hybridized carbons (Fsp3) is 0.200. The number of halogens is 10. The number of benzene rings is 4. The smallest absolute Gasteiger partial charge is 0.411 e. The minimum absolute atomic E-state index is 0.0149. The van der Waals surface area contributed by atoms with Crippen molar-refractivity contribution in [1.82, 2.24) is 0 Å². The van der Waals surface area contributed by atoms with Gasteiger partial charge in [-0.1, -0.05) is 61.3 Å². The quantitative estimate of drug-likeness (QED) is 0.155. The van der Waals surface area contributed by atoms with Crippen LogP contribution in [0.15, 0.2) is 81.7 Å². The van der Waals surface area contributed by atoms with Crippen molar-refractivity contribution in [3.05, 3.63) is 114 Å². The van der Waals surface area contributed by atoms with Gasteiger partial charge in [0, 0.05) is 5.41 Å². The first-order valence-electron chi connectivity index (χ1n) is 12.2. The largest absolute Gasteiger partial charge is 0.508 e. The highest BCUT2D eigenvalue weighted by atomic mass is 79.9. The molecule has 4 N–H and O–H groups in total. The van der Waals surface area contributed by atoms with E-state index in [0.29, 0.717) is 33.2 Å². The summed E-state index contributed by atoms with van der Waals surface area (Å²) in [6, 6.07) is 12.8. The van der Waals surface area contributed by atoms with Crippen molar-refractivity contribution in [2.75, 3.05) is 0 Å². The Morgan fingerprint density at radius 3 is 1.16 bits per heavy atom. The van der Waals surface area contributed by atoms with Crippen LogP contribution >= 0.6 is 55.1 Å². The molecule has 0 unspecified atom stereocenters. The highest BCUT2D eigenvalue weighted by Gasteiger charge is 2.72. The van der Waals surface area contributed by atoms with Crippen LogP contribution in [0.4, 0.5) is 26.3 Å². The van der Waals surface area contributed by atoms with Gasteiger partial charge < -0.3 is 20.4 Å². The van der Waals surface area contributed by atoms with Crippen LogP contribution in [0.5, 0.6) is 23.0 Å². The van der Waals surface area contributed by atoms with Crippen LogP contribution in [0.3, 0.4) is 0 Å². The van der Waals surface area contributed by atoms with E-state index in [9.17, 15) is 46.8 Å². The maximum absolute atomic E-state index is 13.6. The normalized spacial score (nSPS) is 12.5. The van der Waals surface area contributed by atoms with E-state index < -0.39 is 45.8 Å². The van der Waals surface area contributed by atoms with Crippen molar-refractivity contribution in [3.8, 4) is 23.0 Å². The second kappa shape index (κ2) is 12.9. The Labute approximate surface area is 274 Å². The summed E-state index contributed by atoms with van der Waals surface area (Å²) in [5.74, 6) is -1.44. The van der Waals surface area contributed by atoms with E-state index in [-0.39, 0.29) is 21.5 Å². The van der Waals surface area contributed by atoms with Crippen molar-refractivity contribution in [2.45, 2.75) is 37.0 Å². The van der Waals surface area contributed by atoms with Gasteiger partial charge >= 0.3 is 12.4 Å². The Morgan fingerprint density at radius 1 is 0.545 bits per heavy atom. The SMILES string of the molecule is CC(C)(c1cc(Cl)c(O)c(Br)c1)c1cc(Cl)c(O)c(Br)c1.Oc1cccc(C(c2cccc(O)c2)(C(F)(F)F)C(F)(F)F)c1. The average Bonchev–Trinajstić information content (AvgIpc) is 2.89. The summed E-state index contributed by atoms with van der Waals surface area (Å²) in [5.41, 5.74) is -5.36. The molecule has 236 valence electrons. The molecule has 4 nitrogen and oxygen atoms in total. The Kier molecular flexibility index (Phi) is 10.5. The van der Waals surface area contributed by atoms with Crippen molar-refractivity contribution in [3.63, 3.8) is 0 Å². The molecular formula is C30H22Br2Cl2F6O4. The molecule has 0 atom stereocenters. The molecule has 0 saturated carbocycles. The van der Waals surface area contributed by atoms with Gasteiger partial charge in [-0.05, 0) is 103 Å². The molecule has 0 aliphatic heterocycles. The molecule has 44 heavy (non-hydrogen) atoms. The zero-order chi connectivity index (χ0) is 33.4. The van der Waals surface area contributed by atoms with E-state index in [1.165, 1.54) is 0 Å². The molecule has 0 aliphatic rings. The van der Waals surface area contributed by atoms with Crippen molar-refractivity contribution in [1.29, 1.82) is 0 Å². The van der Waals surface area contributed by atoms with Gasteiger partial charge in [0.25, 0.3) is 0 Å². The molecule has 0 heterocycles. The van der Waals surface area contributed by atoms with Crippen molar-refractivity contribution in [2.24, 2.45) is 0 Å². The van der Waals surface area contributed by atoms with Gasteiger partial charge in [0.15, 0.2) is 0 Å². The summed E-state index contributed by atoms with van der Waals surface area (Å²) < 4.78 is 82.8. The number of rotatable bonds is 4. The van der Waals surface area contributed by atoms with Crippen LogP contribution in [0.25, 0.3) is 0 Å². The lowest BCUT2D eigenvalue weighted by molar-refractivity contribution is -0.288. The Hall–Kier alpha value is -2.80. The number of hydrogen-bond acceptors (Lipinski definition) is 4. The lowest BCUT2D eigenvalue weighted by Crippen LogP contribution is -2.54. The maximum atomic E-state index is 13.6. The molecule has 0 amide bonds. The predicted molar refractivity (Wildman–Crippen MR) is 163 cm³/mol. The molecule has 0 radical (unpaired) electrons. The molecule has 4 aromatic carbocycles. The number of phenolic OH excluding ortho intramolecular Hbond substituents is 4. The topological polar surface area (TPSA) is 80.9 Å². The predicted octanol–water partition coefficient (Wildman–Crippen LogP) is 10.8.